The van der Waals surface area contributed by atoms with Crippen molar-refractivity contribution in [2.45, 2.75) is 233 Å². The summed E-state index contributed by atoms with van der Waals surface area (Å²) >= 11 is 12.0. The predicted molar refractivity (Wildman–Crippen MR) is 250 cm³/mol. The van der Waals surface area contributed by atoms with Gasteiger partial charge in [0.05, 0.1) is 39.1 Å². The Bertz CT molecular complexity index is 652. The smallest absolute Gasteiger partial charge is 0.306 e. The molecule has 0 unspecified atom stereocenters. The molecule has 0 rings (SSSR count). The van der Waals surface area contributed by atoms with E-state index in [2.05, 4.69) is 58.7 Å². The third kappa shape index (κ3) is 63.6. The van der Waals surface area contributed by atoms with Crippen LogP contribution in [0.2, 0.25) is 0 Å². The number of hydrogen-bond donors (Lipinski definition) is 3. The first-order chi connectivity index (χ1) is 26.4. The van der Waals surface area contributed by atoms with Gasteiger partial charge in [0.2, 0.25) is 0 Å². The summed E-state index contributed by atoms with van der Waals surface area (Å²) in [6.07, 6.45) is 40.5. The SMILES string of the molecule is CCCCCCCCCCCCOC(=O)CCS.CCCCCCCCCCCCOC(=O)CCS.CCCCCCCCCCCCOC(=O)CCS.[Sb]. The van der Waals surface area contributed by atoms with Crippen LogP contribution in [-0.2, 0) is 28.6 Å². The molecule has 3 radical (unpaired) electrons. The van der Waals surface area contributed by atoms with Gasteiger partial charge in [0.1, 0.15) is 0 Å². The summed E-state index contributed by atoms with van der Waals surface area (Å²) in [5.74, 6) is 1.41. The Morgan fingerprint density at radius 3 is 0.636 bits per heavy atom. The molecule has 0 saturated heterocycles. The number of ether oxygens (including phenoxy) is 3. The minimum Gasteiger partial charge on any atom is -0.466 e. The van der Waals surface area contributed by atoms with Crippen molar-refractivity contribution < 1.29 is 28.6 Å². The first kappa shape index (κ1) is 61.9. The van der Waals surface area contributed by atoms with Crippen LogP contribution in [0.1, 0.15) is 233 Å². The monoisotopic (exact) mass is 943 g/mol. The van der Waals surface area contributed by atoms with E-state index in [1.54, 1.807) is 0 Å². The van der Waals surface area contributed by atoms with Crippen molar-refractivity contribution in [3.8, 4) is 0 Å². The average Bonchev–Trinajstić information content (AvgIpc) is 3.16. The topological polar surface area (TPSA) is 78.9 Å². The molecule has 0 bridgehead atoms. The van der Waals surface area contributed by atoms with Crippen molar-refractivity contribution in [2.75, 3.05) is 37.1 Å². The van der Waals surface area contributed by atoms with Gasteiger partial charge >= 0.3 is 17.9 Å². The maximum absolute atomic E-state index is 11.0. The third-order valence-corrected chi connectivity index (χ3v) is 9.90. The predicted octanol–water partition coefficient (Wildman–Crippen LogP) is 13.9. The molecule has 55 heavy (non-hydrogen) atoms. The maximum atomic E-state index is 11.0. The number of hydrogen-bond acceptors (Lipinski definition) is 9. The van der Waals surface area contributed by atoms with E-state index in [1.165, 1.54) is 173 Å². The summed E-state index contributed by atoms with van der Waals surface area (Å²) in [6.45, 7) is 8.52. The minimum absolute atomic E-state index is 0. The first-order valence-electron chi connectivity index (χ1n) is 22.7. The molecular formula is C45H90O6S3Sb. The Hall–Kier alpha value is 0.278. The minimum atomic E-state index is -0.110. The Labute approximate surface area is 376 Å². The molecule has 0 atom stereocenters. The van der Waals surface area contributed by atoms with E-state index in [0.29, 0.717) is 56.3 Å². The summed E-state index contributed by atoms with van der Waals surface area (Å²) in [6, 6.07) is 0. The van der Waals surface area contributed by atoms with Gasteiger partial charge in [-0.2, -0.15) is 37.9 Å². The molecule has 0 saturated carbocycles. The average molecular weight is 945 g/mol. The van der Waals surface area contributed by atoms with Crippen LogP contribution < -0.4 is 0 Å². The molecule has 0 amide bonds. The number of rotatable bonds is 39. The number of thiol groups is 3. The zero-order valence-corrected chi connectivity index (χ0v) is 41.6. The fourth-order valence-electron chi connectivity index (χ4n) is 5.82. The van der Waals surface area contributed by atoms with Gasteiger partial charge in [-0.3, -0.25) is 14.4 Å². The fourth-order valence-corrected chi connectivity index (χ4v) is 6.36. The zero-order valence-electron chi connectivity index (χ0n) is 36.3. The normalized spacial score (nSPS) is 10.4. The molecule has 0 N–H and O–H groups in total. The molecule has 0 aromatic carbocycles. The fraction of sp³-hybridized carbons (Fsp3) is 0.933. The molecule has 329 valence electrons. The second-order valence-electron chi connectivity index (χ2n) is 14.6. The Kier molecular flexibility index (Phi) is 66.0. The Morgan fingerprint density at radius 2 is 0.473 bits per heavy atom. The largest absolute Gasteiger partial charge is 0.466 e. The molecule has 0 heterocycles. The quantitative estimate of drug-likeness (QED) is 0.0187. The molecule has 0 fully saturated rings. The van der Waals surface area contributed by atoms with Gasteiger partial charge in [-0.05, 0) is 19.3 Å². The Balaban J connectivity index is -0.000000351. The zero-order chi connectivity index (χ0) is 40.4. The summed E-state index contributed by atoms with van der Waals surface area (Å²) in [5.41, 5.74) is 0. The summed E-state index contributed by atoms with van der Waals surface area (Å²) < 4.78 is 15.2. The third-order valence-electron chi connectivity index (χ3n) is 9.23. The number of carbonyl (C=O) groups is 3. The molecule has 0 aliphatic carbocycles. The number of esters is 3. The first-order valence-corrected chi connectivity index (χ1v) is 24.6. The van der Waals surface area contributed by atoms with Gasteiger partial charge in [0.15, 0.2) is 0 Å². The Morgan fingerprint density at radius 1 is 0.309 bits per heavy atom. The van der Waals surface area contributed by atoms with Crippen LogP contribution in [0.4, 0.5) is 0 Å². The van der Waals surface area contributed by atoms with Crippen LogP contribution in [0, 0.1) is 0 Å². The van der Waals surface area contributed by atoms with Crippen molar-refractivity contribution in [1.29, 1.82) is 0 Å². The molecule has 0 aromatic heterocycles. The molecule has 0 aliphatic heterocycles. The second kappa shape index (κ2) is 58.6. The van der Waals surface area contributed by atoms with E-state index in [-0.39, 0.29) is 42.3 Å². The van der Waals surface area contributed by atoms with E-state index in [0.717, 1.165) is 19.3 Å². The standard InChI is InChI=1S/3C15H30O2S.Sb/c3*1-2-3-4-5-6-7-8-9-10-11-13-17-15(16)12-14-18;/h3*18H,2-14H2,1H3;. The van der Waals surface area contributed by atoms with Crippen molar-refractivity contribution in [3.05, 3.63) is 0 Å². The van der Waals surface area contributed by atoms with Gasteiger partial charge in [-0.1, -0.05) is 194 Å². The van der Waals surface area contributed by atoms with Gasteiger partial charge in [-0.25, -0.2) is 0 Å². The molecule has 0 aliphatic rings. The summed E-state index contributed by atoms with van der Waals surface area (Å²) in [4.78, 5) is 33.1. The molecular weight excluding hydrogens is 854 g/mol. The maximum Gasteiger partial charge on any atom is 0.306 e. The van der Waals surface area contributed by atoms with E-state index in [9.17, 15) is 14.4 Å². The number of unbranched alkanes of at least 4 members (excludes halogenated alkanes) is 27. The van der Waals surface area contributed by atoms with Crippen molar-refractivity contribution in [2.24, 2.45) is 0 Å². The van der Waals surface area contributed by atoms with Gasteiger partial charge in [0, 0.05) is 41.7 Å². The van der Waals surface area contributed by atoms with Gasteiger partial charge < -0.3 is 14.2 Å². The molecule has 0 spiro atoms. The van der Waals surface area contributed by atoms with Crippen LogP contribution in [0.25, 0.3) is 0 Å². The van der Waals surface area contributed by atoms with E-state index in [1.807, 2.05) is 0 Å². The van der Waals surface area contributed by atoms with Crippen molar-refractivity contribution >= 4 is 80.2 Å². The van der Waals surface area contributed by atoms with Crippen LogP contribution >= 0.6 is 37.9 Å². The van der Waals surface area contributed by atoms with Crippen LogP contribution in [0.3, 0.4) is 0 Å². The van der Waals surface area contributed by atoms with E-state index in [4.69, 9.17) is 14.2 Å². The number of carbonyl (C=O) groups excluding carboxylic acids is 3. The van der Waals surface area contributed by atoms with Crippen LogP contribution in [-0.4, -0.2) is 79.4 Å². The van der Waals surface area contributed by atoms with Crippen LogP contribution in [0.15, 0.2) is 0 Å². The molecule has 10 heteroatoms. The summed E-state index contributed by atoms with van der Waals surface area (Å²) in [7, 11) is 0. The second-order valence-corrected chi connectivity index (χ2v) is 16.0. The van der Waals surface area contributed by atoms with E-state index < -0.39 is 0 Å². The molecule has 0 aromatic rings. The van der Waals surface area contributed by atoms with Gasteiger partial charge in [0.25, 0.3) is 0 Å². The van der Waals surface area contributed by atoms with Gasteiger partial charge in [-0.15, -0.1) is 0 Å². The van der Waals surface area contributed by atoms with Crippen molar-refractivity contribution in [1.82, 2.24) is 0 Å². The van der Waals surface area contributed by atoms with Crippen LogP contribution in [0.5, 0.6) is 0 Å². The van der Waals surface area contributed by atoms with Crippen molar-refractivity contribution in [3.63, 3.8) is 0 Å². The van der Waals surface area contributed by atoms with E-state index >= 15 is 0 Å². The summed E-state index contributed by atoms with van der Waals surface area (Å²) in [5, 5.41) is 0. The molecule has 6 nitrogen and oxygen atoms in total.